The van der Waals surface area contributed by atoms with Crippen LogP contribution in [0.1, 0.15) is 27.0 Å². The van der Waals surface area contributed by atoms with E-state index < -0.39 is 5.91 Å². The smallest absolute Gasteiger partial charge is 0.295 e. The van der Waals surface area contributed by atoms with Crippen LogP contribution in [0.15, 0.2) is 70.9 Å². The minimum Gasteiger partial charge on any atom is -0.493 e. The molecular weight excluding hydrogens is 414 g/mol. The minimum atomic E-state index is -0.512. The third-order valence-corrected chi connectivity index (χ3v) is 5.12. The fourth-order valence-electron chi connectivity index (χ4n) is 3.32. The van der Waals surface area contributed by atoms with Crippen LogP contribution in [0.5, 0.6) is 11.6 Å². The maximum absolute atomic E-state index is 12.4. The van der Waals surface area contributed by atoms with Gasteiger partial charge in [0.2, 0.25) is 5.88 Å². The Morgan fingerprint density at radius 2 is 1.77 bits per heavy atom. The minimum absolute atomic E-state index is 0.119. The summed E-state index contributed by atoms with van der Waals surface area (Å²) in [6.07, 6.45) is 0. The zero-order chi connectivity index (χ0) is 22.0. The van der Waals surface area contributed by atoms with Crippen LogP contribution in [-0.4, -0.2) is 16.0 Å². The van der Waals surface area contributed by atoms with Gasteiger partial charge in [-0.05, 0) is 67.4 Å². The zero-order valence-corrected chi connectivity index (χ0v) is 17.8. The number of hydrogen-bond acceptors (Lipinski definition) is 4. The molecule has 3 aromatic carbocycles. The van der Waals surface area contributed by atoms with E-state index in [1.807, 2.05) is 38.1 Å². The molecule has 0 unspecified atom stereocenters. The quantitative estimate of drug-likeness (QED) is 0.345. The van der Waals surface area contributed by atoms with E-state index in [4.69, 9.17) is 16.3 Å². The van der Waals surface area contributed by atoms with E-state index in [0.717, 1.165) is 27.6 Å². The number of carbonyl (C=O) groups is 1. The third-order valence-electron chi connectivity index (χ3n) is 4.86. The highest BCUT2D eigenvalue weighted by atomic mass is 35.5. The van der Waals surface area contributed by atoms with Crippen molar-refractivity contribution in [3.8, 4) is 11.6 Å². The molecule has 4 aromatic rings. The first-order valence-corrected chi connectivity index (χ1v) is 10.0. The van der Waals surface area contributed by atoms with Gasteiger partial charge in [-0.2, -0.15) is 0 Å². The normalized spacial score (nSPS) is 11.3. The maximum Gasteiger partial charge on any atom is 0.295 e. The van der Waals surface area contributed by atoms with Crippen molar-refractivity contribution >= 4 is 34.1 Å². The second-order valence-corrected chi connectivity index (χ2v) is 7.71. The number of rotatable bonds is 5. The van der Waals surface area contributed by atoms with E-state index in [1.165, 1.54) is 0 Å². The molecule has 2 N–H and O–H groups in total. The number of azo groups is 1. The van der Waals surface area contributed by atoms with Crippen molar-refractivity contribution in [3.05, 3.63) is 87.9 Å². The molecule has 7 heteroatoms. The van der Waals surface area contributed by atoms with Crippen molar-refractivity contribution in [1.29, 1.82) is 0 Å². The number of fused-ring (bicyclic) bond motifs is 1. The molecule has 0 fully saturated rings. The molecule has 0 bridgehead atoms. The van der Waals surface area contributed by atoms with Crippen molar-refractivity contribution in [2.24, 2.45) is 10.2 Å². The number of hydrogen-bond donors (Lipinski definition) is 2. The number of halogens is 1. The number of aromatic hydroxyl groups is 1. The van der Waals surface area contributed by atoms with Gasteiger partial charge in [-0.25, -0.2) is 0 Å². The Hall–Kier alpha value is -3.64. The molecule has 0 atom stereocenters. The summed E-state index contributed by atoms with van der Waals surface area (Å²) in [6.45, 7) is 4.29. The summed E-state index contributed by atoms with van der Waals surface area (Å²) in [7, 11) is 0. The molecule has 0 aliphatic rings. The zero-order valence-electron chi connectivity index (χ0n) is 17.0. The van der Waals surface area contributed by atoms with Crippen LogP contribution in [0.2, 0.25) is 5.02 Å². The Labute approximate surface area is 184 Å². The van der Waals surface area contributed by atoms with Crippen LogP contribution < -0.4 is 4.74 Å². The largest absolute Gasteiger partial charge is 0.493 e. The number of aromatic nitrogens is 1. The van der Waals surface area contributed by atoms with Crippen molar-refractivity contribution in [3.63, 3.8) is 0 Å². The van der Waals surface area contributed by atoms with Gasteiger partial charge in [-0.3, -0.25) is 4.79 Å². The molecule has 1 aromatic heterocycles. The topological polar surface area (TPSA) is 87.0 Å². The predicted molar refractivity (Wildman–Crippen MR) is 121 cm³/mol. The number of aryl methyl sites for hydroxylation is 2. The molecule has 4 rings (SSSR count). The SMILES string of the molecule is Cc1cc(C)c2[nH]c(O)c(N=NC(=O)c3ccc(OCc4ccc(Cl)cc4)cc3)c2c1. The van der Waals surface area contributed by atoms with E-state index in [-0.39, 0.29) is 11.6 Å². The predicted octanol–water partition coefficient (Wildman–Crippen LogP) is 6.65. The Kier molecular flexibility index (Phi) is 5.73. The second kappa shape index (κ2) is 8.62. The van der Waals surface area contributed by atoms with Crippen LogP contribution in [0, 0.1) is 13.8 Å². The number of amides is 1. The Morgan fingerprint density at radius 1 is 1.06 bits per heavy atom. The molecule has 31 heavy (non-hydrogen) atoms. The van der Waals surface area contributed by atoms with Crippen LogP contribution >= 0.6 is 11.6 Å². The Balaban J connectivity index is 1.46. The first-order valence-electron chi connectivity index (χ1n) is 9.66. The Morgan fingerprint density at radius 3 is 2.48 bits per heavy atom. The number of ether oxygens (including phenoxy) is 1. The van der Waals surface area contributed by atoms with Gasteiger partial charge >= 0.3 is 0 Å². The van der Waals surface area contributed by atoms with Crippen molar-refractivity contribution in [2.45, 2.75) is 20.5 Å². The van der Waals surface area contributed by atoms with Gasteiger partial charge < -0.3 is 14.8 Å². The lowest BCUT2D eigenvalue weighted by molar-refractivity contribution is 0.0995. The fourth-order valence-corrected chi connectivity index (χ4v) is 3.45. The summed E-state index contributed by atoms with van der Waals surface area (Å²) in [4.78, 5) is 15.3. The van der Waals surface area contributed by atoms with Crippen LogP contribution in [0.25, 0.3) is 10.9 Å². The molecule has 1 amide bonds. The van der Waals surface area contributed by atoms with Crippen LogP contribution in [0.3, 0.4) is 0 Å². The lowest BCUT2D eigenvalue weighted by atomic mass is 10.1. The van der Waals surface area contributed by atoms with Gasteiger partial charge in [0.1, 0.15) is 12.4 Å². The van der Waals surface area contributed by atoms with Crippen molar-refractivity contribution < 1.29 is 14.6 Å². The number of aromatic amines is 1. The molecule has 1 heterocycles. The second-order valence-electron chi connectivity index (χ2n) is 7.27. The summed E-state index contributed by atoms with van der Waals surface area (Å²) in [5.74, 6) is -0.00256. The van der Waals surface area contributed by atoms with Crippen molar-refractivity contribution in [2.75, 3.05) is 0 Å². The standard InChI is InChI=1S/C24H20ClN3O3/c1-14-11-15(2)21-20(12-14)22(24(30)26-21)27-28-23(29)17-5-9-19(10-6-17)31-13-16-3-7-18(25)8-4-16/h3-12,26,30H,13H2,1-2H3. The van der Waals surface area contributed by atoms with Gasteiger partial charge in [0.05, 0.1) is 5.52 Å². The summed E-state index contributed by atoms with van der Waals surface area (Å²) in [6, 6.07) is 18.0. The lowest BCUT2D eigenvalue weighted by Crippen LogP contribution is -1.97. The van der Waals surface area contributed by atoms with Crippen LogP contribution in [0.4, 0.5) is 5.69 Å². The number of carbonyl (C=O) groups excluding carboxylic acids is 1. The molecule has 0 radical (unpaired) electrons. The lowest BCUT2D eigenvalue weighted by Gasteiger charge is -2.06. The van der Waals surface area contributed by atoms with E-state index in [2.05, 4.69) is 15.2 Å². The molecule has 0 aliphatic carbocycles. The summed E-state index contributed by atoms with van der Waals surface area (Å²) >= 11 is 5.88. The number of nitrogens with zero attached hydrogens (tertiary/aromatic N) is 2. The van der Waals surface area contributed by atoms with E-state index in [1.54, 1.807) is 36.4 Å². The first-order chi connectivity index (χ1) is 14.9. The summed E-state index contributed by atoms with van der Waals surface area (Å²) in [5.41, 5.74) is 4.38. The Bertz CT molecular complexity index is 1280. The van der Waals surface area contributed by atoms with Gasteiger partial charge in [-0.1, -0.05) is 35.4 Å². The number of benzene rings is 3. The highest BCUT2D eigenvalue weighted by Gasteiger charge is 2.14. The average Bonchev–Trinajstić information content (AvgIpc) is 3.07. The molecular formula is C24H20ClN3O3. The highest BCUT2D eigenvalue weighted by Crippen LogP contribution is 2.37. The molecule has 0 saturated carbocycles. The van der Waals surface area contributed by atoms with Gasteiger partial charge in [0, 0.05) is 16.0 Å². The summed E-state index contributed by atoms with van der Waals surface area (Å²) < 4.78 is 5.73. The van der Waals surface area contributed by atoms with E-state index in [9.17, 15) is 9.90 Å². The van der Waals surface area contributed by atoms with Crippen molar-refractivity contribution in [1.82, 2.24) is 4.98 Å². The van der Waals surface area contributed by atoms with Crippen LogP contribution in [-0.2, 0) is 6.61 Å². The molecule has 0 spiro atoms. The monoisotopic (exact) mass is 433 g/mol. The van der Waals surface area contributed by atoms with Gasteiger partial charge in [0.15, 0.2) is 5.69 Å². The fraction of sp³-hybridized carbons (Fsp3) is 0.125. The molecule has 6 nitrogen and oxygen atoms in total. The molecule has 0 saturated heterocycles. The number of H-pyrrole nitrogens is 1. The third kappa shape index (κ3) is 4.59. The highest BCUT2D eigenvalue weighted by molar-refractivity contribution is 6.30. The number of nitrogens with one attached hydrogen (secondary N) is 1. The van der Waals surface area contributed by atoms with E-state index >= 15 is 0 Å². The molecule has 156 valence electrons. The van der Waals surface area contributed by atoms with Gasteiger partial charge in [0.25, 0.3) is 5.91 Å². The van der Waals surface area contributed by atoms with E-state index in [0.29, 0.717) is 22.9 Å². The first kappa shape index (κ1) is 20.6. The average molecular weight is 434 g/mol. The maximum atomic E-state index is 12.4. The molecule has 0 aliphatic heterocycles. The summed E-state index contributed by atoms with van der Waals surface area (Å²) in [5, 5.41) is 19.4. The van der Waals surface area contributed by atoms with Gasteiger partial charge in [-0.15, -0.1) is 10.2 Å².